The van der Waals surface area contributed by atoms with Crippen LogP contribution in [0.3, 0.4) is 0 Å². The average Bonchev–Trinajstić information content (AvgIpc) is 3.23. The largest absolute Gasteiger partial charge is 0.341 e. The van der Waals surface area contributed by atoms with Crippen molar-refractivity contribution < 1.29 is 4.79 Å². The highest BCUT2D eigenvalue weighted by molar-refractivity contribution is 6.30. The monoisotopic (exact) mass is 278 g/mol. The number of hydrogen-bond acceptors (Lipinski definition) is 2. The lowest BCUT2D eigenvalue weighted by atomic mass is 9.94. The topological polar surface area (TPSA) is 32.3 Å². The van der Waals surface area contributed by atoms with Crippen LogP contribution in [0.4, 0.5) is 0 Å². The molecule has 0 spiro atoms. The lowest BCUT2D eigenvalue weighted by Crippen LogP contribution is -2.41. The minimum Gasteiger partial charge on any atom is -0.341 e. The Kier molecular flexibility index (Phi) is 3.50. The molecular formula is C15H19ClN2O. The molecule has 0 atom stereocenters. The molecule has 0 bridgehead atoms. The molecule has 1 aliphatic heterocycles. The molecular weight excluding hydrogens is 260 g/mol. The first-order chi connectivity index (χ1) is 9.22. The molecule has 0 unspecified atom stereocenters. The second-order valence-electron chi connectivity index (χ2n) is 5.49. The van der Waals surface area contributed by atoms with Crippen LogP contribution in [0.5, 0.6) is 0 Å². The third kappa shape index (κ3) is 2.49. The predicted molar refractivity (Wildman–Crippen MR) is 76.4 cm³/mol. The molecule has 1 saturated carbocycles. The minimum absolute atomic E-state index is 0.282. The number of nitrogens with one attached hydrogen (secondary N) is 1. The molecule has 0 aromatic heterocycles. The van der Waals surface area contributed by atoms with Crippen LogP contribution in [0.2, 0.25) is 5.02 Å². The van der Waals surface area contributed by atoms with Crippen molar-refractivity contribution in [3.63, 3.8) is 0 Å². The van der Waals surface area contributed by atoms with Gasteiger partial charge in [-0.25, -0.2) is 0 Å². The third-order valence-electron chi connectivity index (χ3n) is 4.16. The van der Waals surface area contributed by atoms with Gasteiger partial charge < -0.3 is 10.2 Å². The number of rotatable bonds is 2. The van der Waals surface area contributed by atoms with E-state index in [1.165, 1.54) is 0 Å². The number of nitrogens with zero attached hydrogens (tertiary/aromatic N) is 1. The van der Waals surface area contributed by atoms with Gasteiger partial charge in [-0.1, -0.05) is 23.7 Å². The quantitative estimate of drug-likeness (QED) is 0.899. The Labute approximate surface area is 118 Å². The van der Waals surface area contributed by atoms with E-state index in [2.05, 4.69) is 5.32 Å². The molecule has 1 amide bonds. The maximum atomic E-state index is 12.8. The van der Waals surface area contributed by atoms with E-state index in [-0.39, 0.29) is 5.41 Å². The molecule has 1 N–H and O–H groups in total. The van der Waals surface area contributed by atoms with E-state index in [9.17, 15) is 4.79 Å². The number of amides is 1. The standard InChI is InChI=1S/C15H19ClN2O/c16-13-4-1-3-12(11-13)15(5-6-15)14(19)18-9-2-7-17-8-10-18/h1,3-4,11,17H,2,5-10H2. The Hall–Kier alpha value is -1.06. The molecule has 1 saturated heterocycles. The number of halogens is 1. The summed E-state index contributed by atoms with van der Waals surface area (Å²) in [7, 11) is 0. The van der Waals surface area contributed by atoms with Crippen LogP contribution in [-0.4, -0.2) is 37.0 Å². The maximum absolute atomic E-state index is 12.8. The first kappa shape index (κ1) is 12.9. The Bertz CT molecular complexity index is 477. The summed E-state index contributed by atoms with van der Waals surface area (Å²) in [5.74, 6) is 0.290. The molecule has 1 aromatic rings. The van der Waals surface area contributed by atoms with Crippen molar-refractivity contribution in [1.82, 2.24) is 10.2 Å². The van der Waals surface area contributed by atoms with Crippen LogP contribution in [0, 0.1) is 0 Å². The zero-order chi connectivity index (χ0) is 13.3. The van der Waals surface area contributed by atoms with E-state index >= 15 is 0 Å². The number of carbonyl (C=O) groups is 1. The highest BCUT2D eigenvalue weighted by atomic mass is 35.5. The van der Waals surface area contributed by atoms with Crippen molar-refractivity contribution in [3.8, 4) is 0 Å². The summed E-state index contributed by atoms with van der Waals surface area (Å²) in [6.07, 6.45) is 2.95. The van der Waals surface area contributed by atoms with Crippen molar-refractivity contribution in [3.05, 3.63) is 34.9 Å². The SMILES string of the molecule is O=C(N1CCCNCC1)C1(c2cccc(Cl)c2)CC1. The second-order valence-corrected chi connectivity index (χ2v) is 5.92. The van der Waals surface area contributed by atoms with Gasteiger partial charge in [-0.2, -0.15) is 0 Å². The second kappa shape index (κ2) is 5.14. The van der Waals surface area contributed by atoms with Gasteiger partial charge in [-0.3, -0.25) is 4.79 Å². The van der Waals surface area contributed by atoms with Gasteiger partial charge in [0.05, 0.1) is 5.41 Å². The molecule has 0 radical (unpaired) electrons. The zero-order valence-electron chi connectivity index (χ0n) is 11.0. The van der Waals surface area contributed by atoms with Gasteiger partial charge in [0, 0.05) is 24.7 Å². The molecule has 3 nitrogen and oxygen atoms in total. The van der Waals surface area contributed by atoms with Gasteiger partial charge in [-0.15, -0.1) is 0 Å². The highest BCUT2D eigenvalue weighted by Gasteiger charge is 2.52. The molecule has 4 heteroatoms. The number of benzene rings is 1. The van der Waals surface area contributed by atoms with E-state index in [0.29, 0.717) is 10.9 Å². The van der Waals surface area contributed by atoms with Gasteiger partial charge in [0.25, 0.3) is 0 Å². The molecule has 1 heterocycles. The lowest BCUT2D eigenvalue weighted by molar-refractivity contribution is -0.133. The summed E-state index contributed by atoms with van der Waals surface area (Å²) in [6, 6.07) is 7.78. The van der Waals surface area contributed by atoms with Crippen molar-refractivity contribution >= 4 is 17.5 Å². The Morgan fingerprint density at radius 1 is 1.26 bits per heavy atom. The first-order valence-corrected chi connectivity index (χ1v) is 7.36. The van der Waals surface area contributed by atoms with E-state index < -0.39 is 0 Å². The molecule has 2 fully saturated rings. The molecule has 19 heavy (non-hydrogen) atoms. The number of carbonyl (C=O) groups excluding carboxylic acids is 1. The Morgan fingerprint density at radius 2 is 2.11 bits per heavy atom. The predicted octanol–water partition coefficient (Wildman–Crippen LogP) is 2.19. The average molecular weight is 279 g/mol. The fourth-order valence-corrected chi connectivity index (χ4v) is 3.08. The third-order valence-corrected chi connectivity index (χ3v) is 4.40. The van der Waals surface area contributed by atoms with Crippen LogP contribution in [-0.2, 0) is 10.2 Å². The first-order valence-electron chi connectivity index (χ1n) is 6.98. The smallest absolute Gasteiger partial charge is 0.233 e. The van der Waals surface area contributed by atoms with Crippen LogP contribution < -0.4 is 5.32 Å². The highest BCUT2D eigenvalue weighted by Crippen LogP contribution is 2.50. The summed E-state index contributed by atoms with van der Waals surface area (Å²) >= 11 is 6.06. The van der Waals surface area contributed by atoms with Gasteiger partial charge >= 0.3 is 0 Å². The van der Waals surface area contributed by atoms with Crippen LogP contribution in [0.15, 0.2) is 24.3 Å². The molecule has 1 aliphatic carbocycles. The van der Waals surface area contributed by atoms with Crippen molar-refractivity contribution in [2.24, 2.45) is 0 Å². The molecule has 1 aromatic carbocycles. The zero-order valence-corrected chi connectivity index (χ0v) is 11.7. The van der Waals surface area contributed by atoms with Crippen molar-refractivity contribution in [2.75, 3.05) is 26.2 Å². The van der Waals surface area contributed by atoms with Gasteiger partial charge in [-0.05, 0) is 43.5 Å². The summed E-state index contributed by atoms with van der Waals surface area (Å²) in [4.78, 5) is 14.8. The molecule has 2 aliphatic rings. The fourth-order valence-electron chi connectivity index (χ4n) is 2.89. The summed E-state index contributed by atoms with van der Waals surface area (Å²) < 4.78 is 0. The maximum Gasteiger partial charge on any atom is 0.233 e. The molecule has 3 rings (SSSR count). The summed E-state index contributed by atoms with van der Waals surface area (Å²) in [5.41, 5.74) is 0.803. The van der Waals surface area contributed by atoms with E-state index in [4.69, 9.17) is 11.6 Å². The normalized spacial score (nSPS) is 21.8. The van der Waals surface area contributed by atoms with Crippen LogP contribution in [0.25, 0.3) is 0 Å². The van der Waals surface area contributed by atoms with E-state index in [0.717, 1.165) is 51.0 Å². The van der Waals surface area contributed by atoms with Gasteiger partial charge in [0.2, 0.25) is 5.91 Å². The Morgan fingerprint density at radius 3 is 2.84 bits per heavy atom. The molecule has 102 valence electrons. The fraction of sp³-hybridized carbons (Fsp3) is 0.533. The Balaban J connectivity index is 1.82. The van der Waals surface area contributed by atoms with E-state index in [1.54, 1.807) is 0 Å². The summed E-state index contributed by atoms with van der Waals surface area (Å²) in [6.45, 7) is 3.60. The van der Waals surface area contributed by atoms with E-state index in [1.807, 2.05) is 29.2 Å². The minimum atomic E-state index is -0.282. The lowest BCUT2D eigenvalue weighted by Gasteiger charge is -2.26. The van der Waals surface area contributed by atoms with Crippen LogP contribution >= 0.6 is 11.6 Å². The van der Waals surface area contributed by atoms with Crippen LogP contribution in [0.1, 0.15) is 24.8 Å². The summed E-state index contributed by atoms with van der Waals surface area (Å²) in [5, 5.41) is 4.05. The number of hydrogen-bond donors (Lipinski definition) is 1. The van der Waals surface area contributed by atoms with Gasteiger partial charge in [0.15, 0.2) is 0 Å². The van der Waals surface area contributed by atoms with Gasteiger partial charge in [0.1, 0.15) is 0 Å². The van der Waals surface area contributed by atoms with Crippen molar-refractivity contribution in [2.45, 2.75) is 24.7 Å². The van der Waals surface area contributed by atoms with Crippen molar-refractivity contribution in [1.29, 1.82) is 0 Å².